The quantitative estimate of drug-likeness (QED) is 0.466. The molecule has 0 aromatic heterocycles. The summed E-state index contributed by atoms with van der Waals surface area (Å²) in [4.78, 5) is 0. The van der Waals surface area contributed by atoms with Gasteiger partial charge in [0.05, 0.1) is 0 Å². The third-order valence-corrected chi connectivity index (χ3v) is 0.826. The van der Waals surface area contributed by atoms with Gasteiger partial charge in [-0.3, -0.25) is 0 Å². The van der Waals surface area contributed by atoms with Crippen molar-refractivity contribution in [1.82, 2.24) is 0 Å². The summed E-state index contributed by atoms with van der Waals surface area (Å²) in [5.74, 6) is 0. The average Bonchev–Trinajstić information content (AvgIpc) is 2.38. The molecule has 94 valence electrons. The molecule has 15 heavy (non-hydrogen) atoms. The van der Waals surface area contributed by atoms with E-state index < -0.39 is 0 Å². The van der Waals surface area contributed by atoms with Crippen LogP contribution in [-0.4, -0.2) is 0 Å². The molecule has 0 saturated carbocycles. The van der Waals surface area contributed by atoms with Crippen LogP contribution in [0.2, 0.25) is 0 Å². The van der Waals surface area contributed by atoms with Crippen LogP contribution in [0.5, 0.6) is 0 Å². The Balaban J connectivity index is -0.0000000301. The molecule has 0 aliphatic carbocycles. The van der Waals surface area contributed by atoms with Gasteiger partial charge < -0.3 is 0 Å². The molecule has 0 aromatic carbocycles. The molecule has 0 saturated heterocycles. The minimum absolute atomic E-state index is 1.15. The van der Waals surface area contributed by atoms with Crippen LogP contribution in [0.15, 0.2) is 38.0 Å². The molecule has 0 nitrogen and oxygen atoms in total. The Morgan fingerprint density at radius 2 is 1.13 bits per heavy atom. The lowest BCUT2D eigenvalue weighted by Crippen LogP contribution is -1.52. The first-order valence-corrected chi connectivity index (χ1v) is 6.01. The Bertz CT molecular complexity index is 66.1. The molecule has 0 radical (unpaired) electrons. The van der Waals surface area contributed by atoms with Gasteiger partial charge >= 0.3 is 0 Å². The van der Waals surface area contributed by atoms with Crippen LogP contribution < -0.4 is 0 Å². The van der Waals surface area contributed by atoms with Crippen LogP contribution in [-0.2, 0) is 0 Å². The SMILES string of the molecule is C/C=C/C.C=C.C=CCCC.CC.CC. The molecule has 0 heteroatoms. The van der Waals surface area contributed by atoms with Crippen LogP contribution in [0, 0.1) is 0 Å². The van der Waals surface area contributed by atoms with Crippen LogP contribution in [0.3, 0.4) is 0 Å². The molecule has 0 unspecified atom stereocenters. The number of allylic oxidation sites excluding steroid dienone is 3. The van der Waals surface area contributed by atoms with Crippen LogP contribution in [0.1, 0.15) is 61.3 Å². The van der Waals surface area contributed by atoms with Gasteiger partial charge in [0.2, 0.25) is 0 Å². The van der Waals surface area contributed by atoms with Crippen molar-refractivity contribution in [2.75, 3.05) is 0 Å². The molecular weight excluding hydrogens is 180 g/mol. The lowest BCUT2D eigenvalue weighted by Gasteiger charge is -1.72. The summed E-state index contributed by atoms with van der Waals surface area (Å²) < 4.78 is 0. The van der Waals surface area contributed by atoms with Gasteiger partial charge in [-0.25, -0.2) is 0 Å². The molecule has 0 spiro atoms. The Morgan fingerprint density at radius 1 is 0.867 bits per heavy atom. The zero-order chi connectivity index (χ0) is 13.5. The molecular formula is C15H34. The standard InChI is InChI=1S/C5H10.C4H8.2C2H6.C2H4/c1-3-5-4-2;1-3-4-2;3*1-2/h3H,1,4-5H2,2H3;3-4H,1-2H3;2*1-2H3;1-2H2/b;4-3+;;;. The van der Waals surface area contributed by atoms with E-state index in [9.17, 15) is 0 Å². The Morgan fingerprint density at radius 3 is 1.13 bits per heavy atom. The highest BCUT2D eigenvalue weighted by Gasteiger charge is 1.61. The smallest absolute Gasteiger partial charge is 0.0356 e. The summed E-state index contributed by atoms with van der Waals surface area (Å²) in [6.45, 7) is 23.7. The normalized spacial score (nSPS) is 6.07. The van der Waals surface area contributed by atoms with Gasteiger partial charge in [0.1, 0.15) is 0 Å². The van der Waals surface area contributed by atoms with Gasteiger partial charge in [-0.2, -0.15) is 0 Å². The van der Waals surface area contributed by atoms with Crippen molar-refractivity contribution < 1.29 is 0 Å². The van der Waals surface area contributed by atoms with Gasteiger partial charge in [-0.15, -0.1) is 19.7 Å². The maximum atomic E-state index is 3.55. The summed E-state index contributed by atoms with van der Waals surface area (Å²) in [5, 5.41) is 0. The lowest BCUT2D eigenvalue weighted by atomic mass is 10.3. The second-order valence-corrected chi connectivity index (χ2v) is 1.74. The van der Waals surface area contributed by atoms with E-state index in [-0.39, 0.29) is 0 Å². The molecule has 0 fully saturated rings. The van der Waals surface area contributed by atoms with Gasteiger partial charge in [-0.1, -0.05) is 59.3 Å². The van der Waals surface area contributed by atoms with E-state index in [0.717, 1.165) is 6.42 Å². The zero-order valence-electron chi connectivity index (χ0n) is 12.3. The molecule has 0 aliphatic heterocycles. The van der Waals surface area contributed by atoms with Crippen molar-refractivity contribution in [3.05, 3.63) is 38.0 Å². The number of unbranched alkanes of at least 4 members (excludes halogenated alkanes) is 1. The summed E-state index contributed by atoms with van der Waals surface area (Å²) in [6, 6.07) is 0. The van der Waals surface area contributed by atoms with E-state index in [1.807, 2.05) is 59.8 Å². The van der Waals surface area contributed by atoms with Crippen LogP contribution in [0.4, 0.5) is 0 Å². The van der Waals surface area contributed by atoms with Crippen molar-refractivity contribution in [3.8, 4) is 0 Å². The van der Waals surface area contributed by atoms with Crippen molar-refractivity contribution in [1.29, 1.82) is 0 Å². The monoisotopic (exact) mass is 214 g/mol. The van der Waals surface area contributed by atoms with Crippen molar-refractivity contribution in [2.45, 2.75) is 61.3 Å². The summed E-state index contributed by atoms with van der Waals surface area (Å²) in [7, 11) is 0. The van der Waals surface area contributed by atoms with E-state index >= 15 is 0 Å². The zero-order valence-corrected chi connectivity index (χ0v) is 12.3. The second kappa shape index (κ2) is 111. The summed E-state index contributed by atoms with van der Waals surface area (Å²) in [6.07, 6.45) is 8.31. The van der Waals surface area contributed by atoms with E-state index in [2.05, 4.69) is 26.7 Å². The Labute approximate surface area is 99.8 Å². The highest BCUT2D eigenvalue weighted by molar-refractivity contribution is 4.68. The molecule has 0 rings (SSSR count). The minimum Gasteiger partial charge on any atom is -0.106 e. The minimum atomic E-state index is 1.15. The van der Waals surface area contributed by atoms with E-state index in [0.29, 0.717) is 0 Å². The van der Waals surface area contributed by atoms with Gasteiger partial charge in [0.25, 0.3) is 0 Å². The molecule has 0 amide bonds. The van der Waals surface area contributed by atoms with E-state index in [1.54, 1.807) is 0 Å². The third kappa shape index (κ3) is 338. The first-order chi connectivity index (χ1) is 7.33. The van der Waals surface area contributed by atoms with Crippen LogP contribution >= 0.6 is 0 Å². The number of hydrogen-bond donors (Lipinski definition) is 0. The first kappa shape index (κ1) is 29.2. The van der Waals surface area contributed by atoms with Gasteiger partial charge in [0.15, 0.2) is 0 Å². The first-order valence-electron chi connectivity index (χ1n) is 6.01. The lowest BCUT2D eigenvalue weighted by molar-refractivity contribution is 0.961. The summed E-state index contributed by atoms with van der Waals surface area (Å²) in [5.41, 5.74) is 0. The molecule has 0 aliphatic rings. The fourth-order valence-corrected chi connectivity index (χ4v) is 0.204. The average molecular weight is 214 g/mol. The Hall–Kier alpha value is -0.780. The van der Waals surface area contributed by atoms with Gasteiger partial charge in [0, 0.05) is 0 Å². The molecule has 0 heterocycles. The molecule has 0 aromatic rings. The largest absolute Gasteiger partial charge is 0.106 e. The number of hydrogen-bond acceptors (Lipinski definition) is 0. The Kier molecular flexibility index (Phi) is 216. The fourth-order valence-electron chi connectivity index (χ4n) is 0.204. The van der Waals surface area contributed by atoms with Crippen molar-refractivity contribution in [2.24, 2.45) is 0 Å². The van der Waals surface area contributed by atoms with Gasteiger partial charge in [-0.05, 0) is 20.3 Å². The van der Waals surface area contributed by atoms with Crippen molar-refractivity contribution >= 4 is 0 Å². The topological polar surface area (TPSA) is 0 Å². The molecule has 0 bridgehead atoms. The van der Waals surface area contributed by atoms with Crippen molar-refractivity contribution in [3.63, 3.8) is 0 Å². The highest BCUT2D eigenvalue weighted by atomic mass is 13.7. The maximum absolute atomic E-state index is 3.55. The van der Waals surface area contributed by atoms with E-state index in [4.69, 9.17) is 0 Å². The number of rotatable bonds is 2. The highest BCUT2D eigenvalue weighted by Crippen LogP contribution is 1.82. The fraction of sp³-hybridized carbons (Fsp3) is 0.600. The molecule has 0 atom stereocenters. The van der Waals surface area contributed by atoms with Crippen LogP contribution in [0.25, 0.3) is 0 Å². The third-order valence-electron chi connectivity index (χ3n) is 0.826. The van der Waals surface area contributed by atoms with E-state index in [1.165, 1.54) is 6.42 Å². The predicted molar refractivity (Wildman–Crippen MR) is 79.5 cm³/mol. The summed E-state index contributed by atoms with van der Waals surface area (Å²) >= 11 is 0. The predicted octanol–water partition coefficient (Wildman–Crippen LogP) is 6.41. The maximum Gasteiger partial charge on any atom is -0.0356 e. The second-order valence-electron chi connectivity index (χ2n) is 1.74. The molecule has 0 N–H and O–H groups in total.